The van der Waals surface area contributed by atoms with E-state index < -0.39 is 0 Å². The van der Waals surface area contributed by atoms with E-state index in [9.17, 15) is 4.79 Å². The number of rotatable bonds is 6. The smallest absolute Gasteiger partial charge is 0.251 e. The molecule has 19 heavy (non-hydrogen) atoms. The molecule has 1 aliphatic rings. The highest BCUT2D eigenvalue weighted by Gasteiger charge is 2.15. The van der Waals surface area contributed by atoms with Crippen molar-refractivity contribution in [3.05, 3.63) is 29.8 Å². The molecule has 0 radical (unpaired) electrons. The van der Waals surface area contributed by atoms with Crippen LogP contribution in [0.15, 0.2) is 24.3 Å². The van der Waals surface area contributed by atoms with Crippen LogP contribution in [0.25, 0.3) is 0 Å². The predicted molar refractivity (Wildman–Crippen MR) is 79.8 cm³/mol. The predicted octanol–water partition coefficient (Wildman–Crippen LogP) is 3.73. The number of ether oxygens (including phenoxy) is 1. The second kappa shape index (κ2) is 7.53. The molecule has 1 aromatic carbocycles. The van der Waals surface area contributed by atoms with Crippen molar-refractivity contribution in [3.8, 4) is 5.75 Å². The second-order valence-electron chi connectivity index (χ2n) is 4.98. The number of hydrogen-bond donors (Lipinski definition) is 1. The summed E-state index contributed by atoms with van der Waals surface area (Å²) in [5.41, 5.74) is 1.09. The lowest BCUT2D eigenvalue weighted by Crippen LogP contribution is -2.25. The van der Waals surface area contributed by atoms with Crippen molar-refractivity contribution in [2.75, 3.05) is 12.1 Å². The van der Waals surface area contributed by atoms with Gasteiger partial charge in [-0.05, 0) is 46.5 Å². The maximum Gasteiger partial charge on any atom is 0.251 e. The van der Waals surface area contributed by atoms with E-state index in [1.807, 2.05) is 18.2 Å². The minimum Gasteiger partial charge on any atom is -0.482 e. The SMILES string of the molecule is O=C(NCCC1CCCC1)c1cccc(OCBr)c1. The Morgan fingerprint density at radius 2 is 2.16 bits per heavy atom. The number of carbonyl (C=O) groups is 1. The van der Waals surface area contributed by atoms with Crippen LogP contribution in [0, 0.1) is 5.92 Å². The van der Waals surface area contributed by atoms with Gasteiger partial charge in [0, 0.05) is 12.1 Å². The van der Waals surface area contributed by atoms with Crippen LogP contribution in [0.4, 0.5) is 0 Å². The molecular weight excluding hydrogens is 306 g/mol. The summed E-state index contributed by atoms with van der Waals surface area (Å²) in [6.45, 7) is 0.771. The van der Waals surface area contributed by atoms with Crippen molar-refractivity contribution in [2.24, 2.45) is 5.92 Å². The van der Waals surface area contributed by atoms with Gasteiger partial charge >= 0.3 is 0 Å². The first kappa shape index (κ1) is 14.4. The van der Waals surface area contributed by atoms with Crippen molar-refractivity contribution in [1.82, 2.24) is 5.32 Å². The first-order valence-electron chi connectivity index (χ1n) is 6.86. The van der Waals surface area contributed by atoms with E-state index in [1.54, 1.807) is 6.07 Å². The van der Waals surface area contributed by atoms with Crippen LogP contribution in [0.1, 0.15) is 42.5 Å². The van der Waals surface area contributed by atoms with Gasteiger partial charge in [0.25, 0.3) is 5.91 Å². The minimum absolute atomic E-state index is 0.0157. The Labute approximate surface area is 122 Å². The van der Waals surface area contributed by atoms with Crippen LogP contribution in [0.5, 0.6) is 5.75 Å². The summed E-state index contributed by atoms with van der Waals surface area (Å²) in [5, 5.41) is 2.99. The molecule has 1 saturated carbocycles. The van der Waals surface area contributed by atoms with Gasteiger partial charge in [-0.3, -0.25) is 4.79 Å². The number of amides is 1. The summed E-state index contributed by atoms with van der Waals surface area (Å²) in [6, 6.07) is 7.26. The van der Waals surface area contributed by atoms with Gasteiger partial charge in [0.2, 0.25) is 0 Å². The number of carbonyl (C=O) groups excluding carboxylic acids is 1. The highest BCUT2D eigenvalue weighted by molar-refractivity contribution is 9.09. The van der Waals surface area contributed by atoms with Crippen molar-refractivity contribution in [3.63, 3.8) is 0 Å². The van der Waals surface area contributed by atoms with E-state index in [4.69, 9.17) is 4.74 Å². The molecule has 2 rings (SSSR count). The maximum absolute atomic E-state index is 12.0. The van der Waals surface area contributed by atoms with Gasteiger partial charge in [-0.15, -0.1) is 0 Å². The quantitative estimate of drug-likeness (QED) is 0.809. The largest absolute Gasteiger partial charge is 0.482 e. The summed E-state index contributed by atoms with van der Waals surface area (Å²) in [5.74, 6) is 1.50. The van der Waals surface area contributed by atoms with Gasteiger partial charge in [-0.2, -0.15) is 0 Å². The third-order valence-electron chi connectivity index (χ3n) is 3.63. The molecule has 104 valence electrons. The van der Waals surface area contributed by atoms with Gasteiger partial charge in [0.15, 0.2) is 0 Å². The molecule has 0 bridgehead atoms. The van der Waals surface area contributed by atoms with Crippen LogP contribution >= 0.6 is 15.9 Å². The molecule has 0 unspecified atom stereocenters. The van der Waals surface area contributed by atoms with Crippen molar-refractivity contribution in [2.45, 2.75) is 32.1 Å². The zero-order valence-electron chi connectivity index (χ0n) is 11.0. The summed E-state index contributed by atoms with van der Waals surface area (Å²) in [6.07, 6.45) is 6.45. The zero-order valence-corrected chi connectivity index (χ0v) is 12.6. The molecule has 0 spiro atoms. The second-order valence-corrected chi connectivity index (χ2v) is 5.43. The fourth-order valence-electron chi connectivity index (χ4n) is 2.58. The summed E-state index contributed by atoms with van der Waals surface area (Å²) in [7, 11) is 0. The summed E-state index contributed by atoms with van der Waals surface area (Å²) in [4.78, 5) is 12.0. The molecule has 1 N–H and O–H groups in total. The van der Waals surface area contributed by atoms with Gasteiger partial charge in [0.05, 0.1) is 0 Å². The molecule has 0 aliphatic heterocycles. The van der Waals surface area contributed by atoms with Crippen LogP contribution in [0.2, 0.25) is 0 Å². The van der Waals surface area contributed by atoms with Gasteiger partial charge < -0.3 is 10.1 Å². The molecule has 1 amide bonds. The van der Waals surface area contributed by atoms with E-state index in [2.05, 4.69) is 21.2 Å². The molecule has 1 aromatic rings. The number of alkyl halides is 1. The monoisotopic (exact) mass is 325 g/mol. The fraction of sp³-hybridized carbons (Fsp3) is 0.533. The zero-order chi connectivity index (χ0) is 13.5. The van der Waals surface area contributed by atoms with E-state index >= 15 is 0 Å². The fourth-order valence-corrected chi connectivity index (χ4v) is 2.85. The summed E-state index contributed by atoms with van der Waals surface area (Å²) >= 11 is 3.20. The number of hydrogen-bond acceptors (Lipinski definition) is 2. The molecule has 1 fully saturated rings. The number of halogens is 1. The molecule has 0 heterocycles. The third-order valence-corrected chi connectivity index (χ3v) is 3.86. The Morgan fingerprint density at radius 3 is 2.89 bits per heavy atom. The average molecular weight is 326 g/mol. The first-order chi connectivity index (χ1) is 9.29. The minimum atomic E-state index is -0.0157. The van der Waals surface area contributed by atoms with Crippen molar-refractivity contribution >= 4 is 21.8 Å². The Bertz CT molecular complexity index is 416. The normalized spacial score (nSPS) is 15.4. The van der Waals surface area contributed by atoms with E-state index in [0.717, 1.165) is 18.9 Å². The highest BCUT2D eigenvalue weighted by Crippen LogP contribution is 2.26. The van der Waals surface area contributed by atoms with Crippen LogP contribution < -0.4 is 10.1 Å². The highest BCUT2D eigenvalue weighted by atomic mass is 79.9. The lowest BCUT2D eigenvalue weighted by atomic mass is 10.0. The van der Waals surface area contributed by atoms with Gasteiger partial charge in [0.1, 0.15) is 11.3 Å². The van der Waals surface area contributed by atoms with Crippen LogP contribution in [0.3, 0.4) is 0 Å². The molecule has 1 aliphatic carbocycles. The van der Waals surface area contributed by atoms with E-state index in [1.165, 1.54) is 25.7 Å². The molecular formula is C15H20BrNO2. The number of benzene rings is 1. The van der Waals surface area contributed by atoms with Crippen molar-refractivity contribution < 1.29 is 9.53 Å². The standard InChI is InChI=1S/C15H20BrNO2/c16-11-19-14-7-3-6-13(10-14)15(18)17-9-8-12-4-1-2-5-12/h3,6-7,10,12H,1-2,4-5,8-9,11H2,(H,17,18). The average Bonchev–Trinajstić information content (AvgIpc) is 2.92. The molecule has 3 nitrogen and oxygen atoms in total. The lowest BCUT2D eigenvalue weighted by molar-refractivity contribution is 0.0951. The Hall–Kier alpha value is -1.03. The molecule has 0 saturated heterocycles. The topological polar surface area (TPSA) is 38.3 Å². The Kier molecular flexibility index (Phi) is 5.70. The first-order valence-corrected chi connectivity index (χ1v) is 7.99. The van der Waals surface area contributed by atoms with E-state index in [-0.39, 0.29) is 5.91 Å². The van der Waals surface area contributed by atoms with Gasteiger partial charge in [-0.1, -0.05) is 31.7 Å². The number of nitrogens with one attached hydrogen (secondary N) is 1. The Morgan fingerprint density at radius 1 is 1.37 bits per heavy atom. The molecule has 4 heteroatoms. The molecule has 0 aromatic heterocycles. The van der Waals surface area contributed by atoms with Crippen LogP contribution in [-0.4, -0.2) is 18.0 Å². The third kappa shape index (κ3) is 4.53. The lowest BCUT2D eigenvalue weighted by Gasteiger charge is -2.10. The Balaban J connectivity index is 1.79. The van der Waals surface area contributed by atoms with Crippen molar-refractivity contribution in [1.29, 1.82) is 0 Å². The van der Waals surface area contributed by atoms with Gasteiger partial charge in [-0.25, -0.2) is 0 Å². The van der Waals surface area contributed by atoms with E-state index in [0.29, 0.717) is 16.8 Å². The molecule has 0 atom stereocenters. The maximum atomic E-state index is 12.0. The summed E-state index contributed by atoms with van der Waals surface area (Å²) < 4.78 is 5.32. The van der Waals surface area contributed by atoms with Crippen LogP contribution in [-0.2, 0) is 0 Å².